The highest BCUT2D eigenvalue weighted by Gasteiger charge is 2.42. The number of anilines is 1. The van der Waals surface area contributed by atoms with E-state index in [1.54, 1.807) is 11.3 Å². The molecule has 5 rings (SSSR count). The fourth-order valence-electron chi connectivity index (χ4n) is 4.83. The van der Waals surface area contributed by atoms with Gasteiger partial charge in [-0.15, -0.1) is 11.3 Å². The van der Waals surface area contributed by atoms with Gasteiger partial charge in [-0.1, -0.05) is 12.5 Å². The number of likely N-dealkylation sites (tertiary alicyclic amines) is 1. The van der Waals surface area contributed by atoms with E-state index in [0.717, 1.165) is 55.8 Å². The summed E-state index contributed by atoms with van der Waals surface area (Å²) < 4.78 is 12.3. The maximum atomic E-state index is 12.7. The number of thiophene rings is 1. The van der Waals surface area contributed by atoms with Crippen molar-refractivity contribution in [3.8, 4) is 11.5 Å². The van der Waals surface area contributed by atoms with E-state index in [9.17, 15) is 4.79 Å². The van der Waals surface area contributed by atoms with Crippen molar-refractivity contribution in [2.24, 2.45) is 0 Å². The first kappa shape index (κ1) is 18.0. The normalized spacial score (nSPS) is 25.1. The highest BCUT2D eigenvalue weighted by atomic mass is 32.1. The van der Waals surface area contributed by atoms with E-state index in [2.05, 4.69) is 22.8 Å². The molecule has 2 fully saturated rings. The lowest BCUT2D eigenvalue weighted by atomic mass is 9.94. The van der Waals surface area contributed by atoms with Gasteiger partial charge in [0.1, 0.15) is 6.04 Å². The summed E-state index contributed by atoms with van der Waals surface area (Å²) in [5.74, 6) is 1.13. The van der Waals surface area contributed by atoms with Crippen LogP contribution in [0.15, 0.2) is 35.7 Å². The number of amides is 1. The third-order valence-electron chi connectivity index (χ3n) is 6.19. The van der Waals surface area contributed by atoms with Gasteiger partial charge in [-0.3, -0.25) is 4.79 Å². The molecule has 0 bridgehead atoms. The van der Waals surface area contributed by atoms with E-state index < -0.39 is 5.79 Å². The molecule has 1 saturated heterocycles. The van der Waals surface area contributed by atoms with E-state index in [1.165, 1.54) is 22.6 Å². The van der Waals surface area contributed by atoms with Gasteiger partial charge in [0, 0.05) is 37.4 Å². The van der Waals surface area contributed by atoms with Crippen LogP contribution in [0.25, 0.3) is 0 Å². The van der Waals surface area contributed by atoms with Gasteiger partial charge in [0.2, 0.25) is 0 Å². The van der Waals surface area contributed by atoms with Crippen LogP contribution < -0.4 is 19.7 Å². The second-order valence-electron chi connectivity index (χ2n) is 8.18. The van der Waals surface area contributed by atoms with Crippen molar-refractivity contribution in [1.82, 2.24) is 0 Å². The number of carbonyl (C=O) groups excluding carboxylic acids is 1. The Balaban J connectivity index is 1.23. The molecular formula is C22H27N2O3S+. The number of quaternary nitrogens is 1. The second-order valence-corrected chi connectivity index (χ2v) is 9.16. The minimum Gasteiger partial charge on any atom is -0.448 e. The van der Waals surface area contributed by atoms with Gasteiger partial charge >= 0.3 is 0 Å². The summed E-state index contributed by atoms with van der Waals surface area (Å²) in [5.41, 5.74) is 0.784. The molecule has 5 nitrogen and oxygen atoms in total. The molecule has 2 atom stereocenters. The highest BCUT2D eigenvalue weighted by molar-refractivity contribution is 7.10. The molecule has 2 N–H and O–H groups in total. The molecule has 1 spiro atoms. The van der Waals surface area contributed by atoms with Gasteiger partial charge in [-0.25, -0.2) is 0 Å². The number of carbonyl (C=O) groups is 1. The minimum atomic E-state index is -0.475. The van der Waals surface area contributed by atoms with Gasteiger partial charge in [-0.2, -0.15) is 0 Å². The minimum absolute atomic E-state index is 0.0599. The van der Waals surface area contributed by atoms with Crippen molar-refractivity contribution in [2.75, 3.05) is 18.4 Å². The van der Waals surface area contributed by atoms with Crippen molar-refractivity contribution in [3.05, 3.63) is 40.6 Å². The van der Waals surface area contributed by atoms with E-state index >= 15 is 0 Å². The SMILES string of the molecule is O=C(C[NH+]1CCC[C@@H]1c1cccs1)Nc1ccc2c(c1)OC1(CCCCC1)O2. The van der Waals surface area contributed by atoms with E-state index in [-0.39, 0.29) is 5.91 Å². The Morgan fingerprint density at radius 1 is 1.14 bits per heavy atom. The topological polar surface area (TPSA) is 52.0 Å². The molecule has 3 heterocycles. The number of ether oxygens (including phenoxy) is 2. The van der Waals surface area contributed by atoms with Crippen molar-refractivity contribution in [3.63, 3.8) is 0 Å². The molecule has 1 aliphatic carbocycles. The zero-order valence-electron chi connectivity index (χ0n) is 16.0. The number of hydrogen-bond acceptors (Lipinski definition) is 4. The van der Waals surface area contributed by atoms with Gasteiger partial charge in [0.25, 0.3) is 11.7 Å². The lowest BCUT2D eigenvalue weighted by molar-refractivity contribution is -0.910. The average molecular weight is 400 g/mol. The monoisotopic (exact) mass is 399 g/mol. The van der Waals surface area contributed by atoms with Crippen LogP contribution in [0.1, 0.15) is 55.9 Å². The summed E-state index contributed by atoms with van der Waals surface area (Å²) in [6.45, 7) is 1.56. The Morgan fingerprint density at radius 2 is 2.00 bits per heavy atom. The van der Waals surface area contributed by atoms with E-state index in [0.29, 0.717) is 12.6 Å². The van der Waals surface area contributed by atoms with Crippen LogP contribution in [0, 0.1) is 0 Å². The molecule has 1 unspecified atom stereocenters. The van der Waals surface area contributed by atoms with Crippen LogP contribution in [0.3, 0.4) is 0 Å². The number of hydrogen-bond donors (Lipinski definition) is 2. The quantitative estimate of drug-likeness (QED) is 0.827. The first-order valence-electron chi connectivity index (χ1n) is 10.4. The molecule has 3 aliphatic rings. The van der Waals surface area contributed by atoms with Crippen molar-refractivity contribution in [2.45, 2.75) is 56.8 Å². The third kappa shape index (κ3) is 3.51. The van der Waals surface area contributed by atoms with Crippen LogP contribution in [0.5, 0.6) is 11.5 Å². The number of fused-ring (bicyclic) bond motifs is 1. The van der Waals surface area contributed by atoms with Gasteiger partial charge in [-0.05, 0) is 36.4 Å². The molecule has 1 aromatic heterocycles. The molecular weight excluding hydrogens is 372 g/mol. The van der Waals surface area contributed by atoms with Crippen LogP contribution in [0.2, 0.25) is 0 Å². The molecule has 0 radical (unpaired) electrons. The highest BCUT2D eigenvalue weighted by Crippen LogP contribution is 2.46. The molecule has 1 saturated carbocycles. The molecule has 148 valence electrons. The predicted molar refractivity (Wildman–Crippen MR) is 109 cm³/mol. The molecule has 1 amide bonds. The van der Waals surface area contributed by atoms with Crippen molar-refractivity contribution >= 4 is 22.9 Å². The van der Waals surface area contributed by atoms with E-state index in [1.807, 2.05) is 18.2 Å². The first-order chi connectivity index (χ1) is 13.7. The Morgan fingerprint density at radius 3 is 2.82 bits per heavy atom. The molecule has 2 aromatic rings. The van der Waals surface area contributed by atoms with Crippen LogP contribution >= 0.6 is 11.3 Å². The lowest BCUT2D eigenvalue weighted by Crippen LogP contribution is -3.11. The Kier molecular flexibility index (Phi) is 4.77. The average Bonchev–Trinajstić information content (AvgIpc) is 3.41. The summed E-state index contributed by atoms with van der Waals surface area (Å²) in [5, 5.41) is 5.19. The fraction of sp³-hybridized carbons (Fsp3) is 0.500. The van der Waals surface area contributed by atoms with Crippen molar-refractivity contribution < 1.29 is 19.2 Å². The van der Waals surface area contributed by atoms with E-state index in [4.69, 9.17) is 9.47 Å². The Bertz CT molecular complexity index is 845. The standard InChI is InChI=1S/C22H26N2O3S/c25-21(15-24-12-4-6-17(24)20-7-5-13-28-20)23-16-8-9-18-19(14-16)27-22(26-18)10-2-1-3-11-22/h5,7-9,13-14,17H,1-4,6,10-12,15H2,(H,23,25)/p+1/t17-/m1/s1. The lowest BCUT2D eigenvalue weighted by Gasteiger charge is -2.31. The summed E-state index contributed by atoms with van der Waals surface area (Å²) in [6.07, 6.45) is 7.74. The molecule has 1 aromatic carbocycles. The maximum Gasteiger partial charge on any atom is 0.279 e. The molecule has 6 heteroatoms. The van der Waals surface area contributed by atoms with Crippen LogP contribution in [-0.4, -0.2) is 24.8 Å². The smallest absolute Gasteiger partial charge is 0.279 e. The third-order valence-corrected chi connectivity index (χ3v) is 7.18. The number of nitrogens with one attached hydrogen (secondary N) is 2. The summed E-state index contributed by atoms with van der Waals surface area (Å²) in [4.78, 5) is 15.4. The van der Waals surface area contributed by atoms with Crippen LogP contribution in [-0.2, 0) is 4.79 Å². The summed E-state index contributed by atoms with van der Waals surface area (Å²) >= 11 is 1.80. The molecule has 2 aliphatic heterocycles. The largest absolute Gasteiger partial charge is 0.448 e. The zero-order chi connectivity index (χ0) is 19.0. The fourth-order valence-corrected chi connectivity index (χ4v) is 5.75. The Labute approximate surface area is 169 Å². The van der Waals surface area contributed by atoms with Crippen LogP contribution in [0.4, 0.5) is 5.69 Å². The zero-order valence-corrected chi connectivity index (χ0v) is 16.9. The van der Waals surface area contributed by atoms with Gasteiger partial charge in [0.15, 0.2) is 18.0 Å². The Hall–Kier alpha value is -2.05. The predicted octanol–water partition coefficient (Wildman–Crippen LogP) is 3.54. The molecule has 28 heavy (non-hydrogen) atoms. The number of rotatable bonds is 4. The number of benzene rings is 1. The first-order valence-corrected chi connectivity index (χ1v) is 11.3. The van der Waals surface area contributed by atoms with Gasteiger partial charge in [0.05, 0.1) is 11.4 Å². The second kappa shape index (κ2) is 7.41. The summed E-state index contributed by atoms with van der Waals surface area (Å²) in [7, 11) is 0. The van der Waals surface area contributed by atoms with Crippen molar-refractivity contribution in [1.29, 1.82) is 0 Å². The van der Waals surface area contributed by atoms with Gasteiger partial charge < -0.3 is 19.7 Å². The summed E-state index contributed by atoms with van der Waals surface area (Å²) in [6, 6.07) is 10.5. The maximum absolute atomic E-state index is 12.7.